The first kappa shape index (κ1) is 21.7. The summed E-state index contributed by atoms with van der Waals surface area (Å²) in [4.78, 5) is 24.8. The van der Waals surface area contributed by atoms with Crippen LogP contribution >= 0.6 is 0 Å². The van der Waals surface area contributed by atoms with Crippen LogP contribution in [0.4, 0.5) is 0 Å². The zero-order valence-electron chi connectivity index (χ0n) is 18.4. The van der Waals surface area contributed by atoms with Crippen molar-refractivity contribution in [1.29, 1.82) is 0 Å². The Kier molecular flexibility index (Phi) is 5.78. The van der Waals surface area contributed by atoms with E-state index in [2.05, 4.69) is 0 Å². The Morgan fingerprint density at radius 2 is 1.91 bits per heavy atom. The van der Waals surface area contributed by atoms with Gasteiger partial charge in [-0.2, -0.15) is 0 Å². The Labute approximate surface area is 187 Å². The number of ketones is 1. The Morgan fingerprint density at radius 3 is 2.53 bits per heavy atom. The van der Waals surface area contributed by atoms with Gasteiger partial charge in [-0.05, 0) is 62.6 Å². The van der Waals surface area contributed by atoms with Crippen LogP contribution < -0.4 is 14.2 Å². The molecule has 2 aromatic carbocycles. The smallest absolute Gasteiger partial charge is 0.314 e. The van der Waals surface area contributed by atoms with Crippen LogP contribution in [-0.4, -0.2) is 29.6 Å². The molecule has 6 nitrogen and oxygen atoms in total. The number of methoxy groups -OCH3 is 1. The summed E-state index contributed by atoms with van der Waals surface area (Å²) in [6.45, 7) is 3.80. The van der Waals surface area contributed by atoms with Crippen molar-refractivity contribution in [3.8, 4) is 23.0 Å². The summed E-state index contributed by atoms with van der Waals surface area (Å²) < 4.78 is 16.6. The Bertz CT molecular complexity index is 1100. The van der Waals surface area contributed by atoms with E-state index in [0.29, 0.717) is 17.1 Å². The summed E-state index contributed by atoms with van der Waals surface area (Å²) in [6.07, 6.45) is 9.43. The van der Waals surface area contributed by atoms with Gasteiger partial charge in [0.15, 0.2) is 5.78 Å². The number of phenols is 1. The largest absolute Gasteiger partial charge is 0.506 e. The van der Waals surface area contributed by atoms with Gasteiger partial charge in [0.2, 0.25) is 0 Å². The van der Waals surface area contributed by atoms with Crippen molar-refractivity contribution in [3.05, 3.63) is 59.2 Å². The third kappa shape index (κ3) is 4.40. The molecule has 1 heterocycles. The van der Waals surface area contributed by atoms with Crippen molar-refractivity contribution >= 4 is 23.9 Å². The van der Waals surface area contributed by atoms with Gasteiger partial charge in [-0.25, -0.2) is 0 Å². The van der Waals surface area contributed by atoms with Crippen LogP contribution in [0.3, 0.4) is 0 Å². The summed E-state index contributed by atoms with van der Waals surface area (Å²) in [6, 6.07) is 8.53. The maximum atomic E-state index is 12.9. The van der Waals surface area contributed by atoms with Crippen molar-refractivity contribution in [2.75, 3.05) is 7.11 Å². The van der Waals surface area contributed by atoms with Gasteiger partial charge in [0.25, 0.3) is 0 Å². The Balaban J connectivity index is 1.51. The molecule has 0 saturated heterocycles. The molecule has 0 aromatic heterocycles. The number of fused-ring (bicyclic) bond motifs is 1. The fraction of sp³-hybridized carbons (Fsp3) is 0.308. The van der Waals surface area contributed by atoms with Crippen LogP contribution in [0.5, 0.6) is 23.0 Å². The predicted octanol–water partition coefficient (Wildman–Crippen LogP) is 5.19. The second-order valence-corrected chi connectivity index (χ2v) is 8.57. The highest BCUT2D eigenvalue weighted by molar-refractivity contribution is 6.11. The van der Waals surface area contributed by atoms with Gasteiger partial charge in [-0.15, -0.1) is 0 Å². The first-order valence-corrected chi connectivity index (χ1v) is 10.6. The molecule has 4 rings (SSSR count). The normalized spacial score (nSPS) is 16.7. The molecule has 0 bridgehead atoms. The molecular formula is C26H26O6. The van der Waals surface area contributed by atoms with Gasteiger partial charge >= 0.3 is 5.97 Å². The number of benzene rings is 2. The average molecular weight is 434 g/mol. The molecule has 2 aromatic rings. The van der Waals surface area contributed by atoms with Gasteiger partial charge < -0.3 is 19.3 Å². The summed E-state index contributed by atoms with van der Waals surface area (Å²) >= 11 is 0. The van der Waals surface area contributed by atoms with Crippen molar-refractivity contribution in [2.45, 2.75) is 38.7 Å². The molecule has 1 fully saturated rings. The lowest BCUT2D eigenvalue weighted by molar-refractivity contribution is -0.141. The minimum absolute atomic E-state index is 0.0118. The number of ether oxygens (including phenoxy) is 3. The van der Waals surface area contributed by atoms with Gasteiger partial charge in [0, 0.05) is 6.07 Å². The zero-order chi connectivity index (χ0) is 22.9. The first-order chi connectivity index (χ1) is 15.3. The highest BCUT2D eigenvalue weighted by Crippen LogP contribution is 2.43. The van der Waals surface area contributed by atoms with Crippen LogP contribution in [0.25, 0.3) is 12.2 Å². The molecule has 2 aliphatic rings. The number of hydrogen-bond donors (Lipinski definition) is 1. The first-order valence-electron chi connectivity index (χ1n) is 10.6. The van der Waals surface area contributed by atoms with Crippen molar-refractivity contribution < 1.29 is 28.9 Å². The number of aromatic hydroxyl groups is 1. The third-order valence-electron chi connectivity index (χ3n) is 5.72. The van der Waals surface area contributed by atoms with E-state index in [4.69, 9.17) is 14.2 Å². The minimum atomic E-state index is -0.520. The van der Waals surface area contributed by atoms with E-state index in [1.165, 1.54) is 13.2 Å². The SMILES string of the molecule is COc1cc2c(c(O)c1C(=O)/C=C/c1ccc(OC(=O)C3CCC3)cc1)C=CC(C)(C)O2. The van der Waals surface area contributed by atoms with E-state index in [1.807, 2.05) is 19.9 Å². The van der Waals surface area contributed by atoms with E-state index in [0.717, 1.165) is 24.8 Å². The van der Waals surface area contributed by atoms with E-state index in [1.54, 1.807) is 42.5 Å². The second-order valence-electron chi connectivity index (χ2n) is 8.57. The molecule has 0 radical (unpaired) electrons. The van der Waals surface area contributed by atoms with E-state index in [9.17, 15) is 14.7 Å². The Morgan fingerprint density at radius 1 is 1.19 bits per heavy atom. The summed E-state index contributed by atoms with van der Waals surface area (Å²) in [5.41, 5.74) is 0.748. The zero-order valence-corrected chi connectivity index (χ0v) is 18.4. The maximum absolute atomic E-state index is 12.9. The van der Waals surface area contributed by atoms with Gasteiger partial charge in [0.05, 0.1) is 18.6 Å². The van der Waals surface area contributed by atoms with Gasteiger partial charge in [-0.3, -0.25) is 9.59 Å². The number of phenolic OH excluding ortho intramolecular Hbond substituents is 1. The van der Waals surface area contributed by atoms with Gasteiger partial charge in [-0.1, -0.05) is 24.6 Å². The fourth-order valence-electron chi connectivity index (χ4n) is 3.63. The third-order valence-corrected chi connectivity index (χ3v) is 5.72. The van der Waals surface area contributed by atoms with Gasteiger partial charge in [0.1, 0.15) is 34.2 Å². The standard InChI is InChI=1S/C26H26O6/c1-26(2)14-13-19-21(32-26)15-22(30-3)23(24(19)28)20(27)12-9-16-7-10-18(11-8-16)31-25(29)17-5-4-6-17/h7-15,17,28H,4-6H2,1-3H3/b12-9+. The lowest BCUT2D eigenvalue weighted by Gasteiger charge is -2.29. The molecule has 32 heavy (non-hydrogen) atoms. The molecule has 0 atom stereocenters. The minimum Gasteiger partial charge on any atom is -0.506 e. The topological polar surface area (TPSA) is 82.1 Å². The summed E-state index contributed by atoms with van der Waals surface area (Å²) in [5, 5.41) is 10.8. The average Bonchev–Trinajstić information content (AvgIpc) is 2.70. The van der Waals surface area contributed by atoms with E-state index >= 15 is 0 Å². The number of rotatable bonds is 6. The highest BCUT2D eigenvalue weighted by atomic mass is 16.5. The molecule has 1 N–H and O–H groups in total. The van der Waals surface area contributed by atoms with Crippen molar-refractivity contribution in [3.63, 3.8) is 0 Å². The maximum Gasteiger partial charge on any atom is 0.314 e. The molecule has 166 valence electrons. The quantitative estimate of drug-likeness (QED) is 0.292. The predicted molar refractivity (Wildman–Crippen MR) is 121 cm³/mol. The summed E-state index contributed by atoms with van der Waals surface area (Å²) in [7, 11) is 1.44. The summed E-state index contributed by atoms with van der Waals surface area (Å²) in [5.74, 6) is 0.414. The van der Waals surface area contributed by atoms with Crippen molar-refractivity contribution in [2.24, 2.45) is 5.92 Å². The fourth-order valence-corrected chi connectivity index (χ4v) is 3.63. The molecule has 1 aliphatic carbocycles. The molecule has 1 saturated carbocycles. The number of esters is 1. The lowest BCUT2D eigenvalue weighted by Crippen LogP contribution is -2.27. The molecule has 0 amide bonds. The van der Waals surface area contributed by atoms with E-state index in [-0.39, 0.29) is 28.9 Å². The molecule has 6 heteroatoms. The van der Waals surface area contributed by atoms with E-state index < -0.39 is 11.4 Å². The Hall–Kier alpha value is -3.54. The van der Waals surface area contributed by atoms with Crippen LogP contribution in [0.15, 0.2) is 42.5 Å². The second kappa shape index (κ2) is 8.54. The monoisotopic (exact) mass is 434 g/mol. The van der Waals surface area contributed by atoms with Crippen LogP contribution in [0.2, 0.25) is 0 Å². The van der Waals surface area contributed by atoms with Crippen LogP contribution in [-0.2, 0) is 4.79 Å². The number of hydrogen-bond acceptors (Lipinski definition) is 6. The molecular weight excluding hydrogens is 408 g/mol. The number of carbonyl (C=O) groups is 2. The van der Waals surface area contributed by atoms with Crippen LogP contribution in [0.1, 0.15) is 54.6 Å². The number of allylic oxidation sites excluding steroid dienone is 1. The molecule has 1 aliphatic heterocycles. The van der Waals surface area contributed by atoms with Crippen LogP contribution in [0, 0.1) is 5.92 Å². The van der Waals surface area contributed by atoms with Crippen molar-refractivity contribution in [1.82, 2.24) is 0 Å². The molecule has 0 unspecified atom stereocenters. The molecule has 0 spiro atoms. The lowest BCUT2D eigenvalue weighted by atomic mass is 9.86. The number of carbonyl (C=O) groups excluding carboxylic acids is 2. The highest BCUT2D eigenvalue weighted by Gasteiger charge is 2.29.